The number of hydrogen-bond donors (Lipinski definition) is 0. The molecule has 0 aliphatic rings. The van der Waals surface area contributed by atoms with Crippen molar-refractivity contribution in [2.24, 2.45) is 0 Å². The Hall–Kier alpha value is -1.49. The van der Waals surface area contributed by atoms with Crippen molar-refractivity contribution in [1.82, 2.24) is 5.10 Å². The summed E-state index contributed by atoms with van der Waals surface area (Å²) < 4.78 is 6.18. The van der Waals surface area contributed by atoms with Gasteiger partial charge in [0.15, 0.2) is 6.20 Å². The minimum atomic E-state index is -0.301. The molecule has 17 heavy (non-hydrogen) atoms. The zero-order valence-corrected chi connectivity index (χ0v) is 11.3. The van der Waals surface area contributed by atoms with Crippen LogP contribution in [0.15, 0.2) is 30.5 Å². The average molecular weight is 297 g/mol. The predicted octanol–water partition coefficient (Wildman–Crippen LogP) is -1.99. The monoisotopic (exact) mass is 296 g/mol. The fourth-order valence-corrected chi connectivity index (χ4v) is 1.57. The number of ether oxygens (including phenoxy) is 1. The molecule has 0 aliphatic carbocycles. The van der Waals surface area contributed by atoms with Crippen molar-refractivity contribution in [1.29, 1.82) is 0 Å². The van der Waals surface area contributed by atoms with E-state index >= 15 is 0 Å². The number of nitrogens with zero attached hydrogens (tertiary/aromatic N) is 2. The highest BCUT2D eigenvalue weighted by atomic mass is 79.9. The summed E-state index contributed by atoms with van der Waals surface area (Å²) >= 11 is 0. The van der Waals surface area contributed by atoms with Gasteiger partial charge in [-0.1, -0.05) is 22.9 Å². The van der Waals surface area contributed by atoms with Crippen molar-refractivity contribution in [3.05, 3.63) is 36.0 Å². The number of rotatable bonds is 2. The standard InChI is InChI=1S/C12H13N2O2.BrH/c1-9-4-3-5-10-6-7-14(13-12(9)10)8-11(15)16-2;/h3-7H,8H2,1-2H3;1H/q+1;/p-1. The van der Waals surface area contributed by atoms with Crippen molar-refractivity contribution >= 4 is 16.9 Å². The number of esters is 1. The van der Waals surface area contributed by atoms with Crippen molar-refractivity contribution in [3.8, 4) is 0 Å². The summed E-state index contributed by atoms with van der Waals surface area (Å²) in [7, 11) is 1.37. The molecule has 1 heterocycles. The van der Waals surface area contributed by atoms with Crippen molar-refractivity contribution in [2.45, 2.75) is 13.5 Å². The summed E-state index contributed by atoms with van der Waals surface area (Å²) in [6, 6.07) is 7.93. The summed E-state index contributed by atoms with van der Waals surface area (Å²) in [5.41, 5.74) is 2.01. The molecular weight excluding hydrogens is 284 g/mol. The molecular formula is C12H13BrN2O2. The molecule has 0 bridgehead atoms. The van der Waals surface area contributed by atoms with Gasteiger partial charge < -0.3 is 21.7 Å². The molecule has 5 heteroatoms. The van der Waals surface area contributed by atoms with Gasteiger partial charge in [0.1, 0.15) is 5.52 Å². The zero-order valence-electron chi connectivity index (χ0n) is 9.68. The van der Waals surface area contributed by atoms with Crippen molar-refractivity contribution in [2.75, 3.05) is 7.11 Å². The molecule has 0 fully saturated rings. The van der Waals surface area contributed by atoms with Crippen LogP contribution in [0.5, 0.6) is 0 Å². The van der Waals surface area contributed by atoms with E-state index in [4.69, 9.17) is 0 Å². The van der Waals surface area contributed by atoms with Crippen LogP contribution < -0.4 is 21.7 Å². The van der Waals surface area contributed by atoms with Crippen LogP contribution in [0.1, 0.15) is 5.56 Å². The molecule has 0 spiro atoms. The van der Waals surface area contributed by atoms with E-state index in [0.717, 1.165) is 16.5 Å². The van der Waals surface area contributed by atoms with Gasteiger partial charge in [0.25, 0.3) is 6.54 Å². The molecule has 0 unspecified atom stereocenters. The number of halogens is 1. The van der Waals surface area contributed by atoms with Crippen LogP contribution in [0.2, 0.25) is 0 Å². The molecule has 1 aromatic heterocycles. The second kappa shape index (κ2) is 5.72. The average Bonchev–Trinajstić information content (AvgIpc) is 2.30. The van der Waals surface area contributed by atoms with E-state index in [-0.39, 0.29) is 29.5 Å². The van der Waals surface area contributed by atoms with Gasteiger partial charge in [-0.15, -0.1) is 0 Å². The highest BCUT2D eigenvalue weighted by Gasteiger charge is 2.12. The Kier molecular flexibility index (Phi) is 4.57. The molecule has 4 nitrogen and oxygen atoms in total. The molecule has 2 rings (SSSR count). The first-order chi connectivity index (χ1) is 7.70. The quantitative estimate of drug-likeness (QED) is 0.476. The maximum atomic E-state index is 11.1. The Balaban J connectivity index is 0.00000144. The number of aromatic nitrogens is 2. The van der Waals surface area contributed by atoms with Gasteiger partial charge in [-0.25, -0.2) is 4.79 Å². The third kappa shape index (κ3) is 3.00. The fraction of sp³-hybridized carbons (Fsp3) is 0.250. The van der Waals surface area contributed by atoms with E-state index in [0.29, 0.717) is 0 Å². The van der Waals surface area contributed by atoms with Crippen LogP contribution in [0.25, 0.3) is 10.9 Å². The van der Waals surface area contributed by atoms with E-state index in [1.165, 1.54) is 7.11 Å². The zero-order chi connectivity index (χ0) is 11.5. The Labute approximate surface area is 110 Å². The van der Waals surface area contributed by atoms with Gasteiger partial charge in [0.2, 0.25) is 0 Å². The molecule has 0 saturated heterocycles. The smallest absolute Gasteiger partial charge is 0.374 e. The normalized spacial score (nSPS) is 9.76. The maximum Gasteiger partial charge on any atom is 0.374 e. The topological polar surface area (TPSA) is 43.1 Å². The first-order valence-electron chi connectivity index (χ1n) is 5.03. The van der Waals surface area contributed by atoms with Gasteiger partial charge in [0.05, 0.1) is 7.11 Å². The maximum absolute atomic E-state index is 11.1. The number of benzene rings is 1. The van der Waals surface area contributed by atoms with E-state index in [9.17, 15) is 4.79 Å². The van der Waals surface area contributed by atoms with Crippen LogP contribution in [0, 0.1) is 6.92 Å². The largest absolute Gasteiger partial charge is 1.00 e. The Morgan fingerprint density at radius 2 is 2.18 bits per heavy atom. The molecule has 90 valence electrons. The molecule has 0 atom stereocenters. The van der Waals surface area contributed by atoms with Crippen LogP contribution in [-0.2, 0) is 16.1 Å². The van der Waals surface area contributed by atoms with E-state index < -0.39 is 0 Å². The lowest BCUT2D eigenvalue weighted by atomic mass is 10.1. The summed E-state index contributed by atoms with van der Waals surface area (Å²) in [4.78, 5) is 11.1. The van der Waals surface area contributed by atoms with Gasteiger partial charge in [-0.3, -0.25) is 0 Å². The Bertz CT molecular complexity index is 543. The number of methoxy groups -OCH3 is 1. The summed E-state index contributed by atoms with van der Waals surface area (Å²) in [6.07, 6.45) is 1.78. The summed E-state index contributed by atoms with van der Waals surface area (Å²) in [5.74, 6) is -0.301. The molecule has 1 aromatic carbocycles. The fourth-order valence-electron chi connectivity index (χ4n) is 1.57. The lowest BCUT2D eigenvalue weighted by Crippen LogP contribution is -3.00. The molecule has 0 amide bonds. The van der Waals surface area contributed by atoms with Gasteiger partial charge in [-0.2, -0.15) is 0 Å². The highest BCUT2D eigenvalue weighted by molar-refractivity contribution is 5.80. The van der Waals surface area contributed by atoms with Crippen molar-refractivity contribution in [3.63, 3.8) is 0 Å². The third-order valence-electron chi connectivity index (χ3n) is 2.44. The molecule has 0 saturated carbocycles. The lowest BCUT2D eigenvalue weighted by molar-refractivity contribution is -0.741. The van der Waals surface area contributed by atoms with E-state index in [1.807, 2.05) is 31.2 Å². The van der Waals surface area contributed by atoms with Gasteiger partial charge >= 0.3 is 5.97 Å². The van der Waals surface area contributed by atoms with Gasteiger partial charge in [-0.05, 0) is 12.5 Å². The second-order valence-electron chi connectivity index (χ2n) is 3.60. The third-order valence-corrected chi connectivity index (χ3v) is 2.44. The lowest BCUT2D eigenvalue weighted by Gasteiger charge is -1.99. The highest BCUT2D eigenvalue weighted by Crippen LogP contribution is 2.12. The molecule has 2 aromatic rings. The number of carbonyl (C=O) groups is 1. The predicted molar refractivity (Wildman–Crippen MR) is 58.7 cm³/mol. The summed E-state index contributed by atoms with van der Waals surface area (Å²) in [5, 5.41) is 5.45. The SMILES string of the molecule is COC(=O)C[n+]1ccc2cccc(C)c2n1.[Br-]. The first kappa shape index (κ1) is 13.6. The minimum absolute atomic E-state index is 0. The van der Waals surface area contributed by atoms with Crippen LogP contribution in [0.3, 0.4) is 0 Å². The minimum Gasteiger partial charge on any atom is -1.00 e. The van der Waals surface area contributed by atoms with E-state index in [1.54, 1.807) is 10.9 Å². The van der Waals surface area contributed by atoms with E-state index in [2.05, 4.69) is 9.84 Å². The first-order valence-corrected chi connectivity index (χ1v) is 5.03. The number of hydrogen-bond acceptors (Lipinski definition) is 3. The van der Waals surface area contributed by atoms with Crippen LogP contribution in [-0.4, -0.2) is 18.2 Å². The second-order valence-corrected chi connectivity index (χ2v) is 3.60. The molecule has 0 N–H and O–H groups in total. The Morgan fingerprint density at radius 3 is 2.88 bits per heavy atom. The van der Waals surface area contributed by atoms with Crippen molar-refractivity contribution < 1.29 is 31.2 Å². The number of aryl methyl sites for hydroxylation is 1. The van der Waals surface area contributed by atoms with Crippen LogP contribution in [0.4, 0.5) is 0 Å². The van der Waals surface area contributed by atoms with Crippen LogP contribution >= 0.6 is 0 Å². The summed E-state index contributed by atoms with van der Waals surface area (Å²) in [6.45, 7) is 2.14. The molecule has 0 aliphatic heterocycles. The number of fused-ring (bicyclic) bond motifs is 1. The molecule has 0 radical (unpaired) electrons. The Morgan fingerprint density at radius 1 is 1.41 bits per heavy atom. The van der Waals surface area contributed by atoms with Gasteiger partial charge in [0, 0.05) is 16.6 Å². The number of carbonyl (C=O) groups excluding carboxylic acids is 1.